The van der Waals surface area contributed by atoms with Crippen LogP contribution in [0, 0.1) is 17.8 Å². The summed E-state index contributed by atoms with van der Waals surface area (Å²) in [7, 11) is 6.70. The molecule has 0 aromatic carbocycles. The number of hydrogen-bond donors (Lipinski definition) is 2. The zero-order valence-corrected chi connectivity index (χ0v) is 27.5. The number of aliphatic carboxylic acids is 1. The third kappa shape index (κ3) is 7.82. The summed E-state index contributed by atoms with van der Waals surface area (Å²) in [4.78, 5) is 58.3. The van der Waals surface area contributed by atoms with E-state index in [2.05, 4.69) is 5.32 Å². The van der Waals surface area contributed by atoms with Gasteiger partial charge in [-0.25, -0.2) is 0 Å². The van der Waals surface area contributed by atoms with Gasteiger partial charge in [0.15, 0.2) is 0 Å². The van der Waals surface area contributed by atoms with E-state index < -0.39 is 41.7 Å². The first kappa shape index (κ1) is 36.0. The number of likely N-dealkylation sites (N-methyl/N-ethyl adjacent to an activating group) is 2. The van der Waals surface area contributed by atoms with Gasteiger partial charge < -0.3 is 29.7 Å². The van der Waals surface area contributed by atoms with Crippen molar-refractivity contribution in [1.82, 2.24) is 20.0 Å². The molecule has 42 heavy (non-hydrogen) atoms. The second-order valence-corrected chi connectivity index (χ2v) is 12.9. The van der Waals surface area contributed by atoms with Gasteiger partial charge in [0.1, 0.15) is 6.04 Å². The van der Waals surface area contributed by atoms with E-state index >= 15 is 0 Å². The molecule has 0 aromatic rings. The first-order valence-corrected chi connectivity index (χ1v) is 15.5. The molecule has 3 amide bonds. The highest BCUT2D eigenvalue weighted by Crippen LogP contribution is 2.30. The van der Waals surface area contributed by atoms with Gasteiger partial charge in [0.05, 0.1) is 42.2 Å². The third-order valence-electron chi connectivity index (χ3n) is 9.94. The van der Waals surface area contributed by atoms with Gasteiger partial charge in [-0.1, -0.05) is 34.1 Å². The Kier molecular flexibility index (Phi) is 13.2. The summed E-state index contributed by atoms with van der Waals surface area (Å²) in [6, 6.07) is -1.49. The van der Waals surface area contributed by atoms with Gasteiger partial charge in [-0.2, -0.15) is 0 Å². The van der Waals surface area contributed by atoms with Crippen molar-refractivity contribution in [2.75, 3.05) is 41.4 Å². The van der Waals surface area contributed by atoms with Crippen molar-refractivity contribution in [3.05, 3.63) is 0 Å². The Labute approximate surface area is 252 Å². The quantitative estimate of drug-likeness (QED) is 0.295. The Balaban J connectivity index is 2.28. The number of ether oxygens (including phenoxy) is 2. The molecule has 0 aromatic heterocycles. The molecule has 1 unspecified atom stereocenters. The Bertz CT molecular complexity index is 946. The number of hydrogen-bond acceptors (Lipinski definition) is 7. The average Bonchev–Trinajstić information content (AvgIpc) is 3.57. The molecule has 2 fully saturated rings. The predicted octanol–water partition coefficient (Wildman–Crippen LogP) is 2.62. The van der Waals surface area contributed by atoms with Crippen LogP contribution in [0.15, 0.2) is 0 Å². The summed E-state index contributed by atoms with van der Waals surface area (Å²) in [6.07, 6.45) is 2.67. The molecule has 242 valence electrons. The fraction of sp³-hybridized carbons (Fsp3) is 0.871. The standard InChI is InChI=1S/C31H56N4O7/c1-11-20(4)26(34(8)28(37)25(19(2)3)32-30(40)31(6)15-13-16-33(31)7)23(41-9)18-24(36)35-17-12-14-22(35)27(42-10)21(5)29(38)39/h19-23,25-27H,11-18H2,1-10H3,(H,32,40)(H,38,39)/t20-,21?,22-,23+,25-,26-,27+,31-/m0/s1. The zero-order valence-electron chi connectivity index (χ0n) is 27.5. The van der Waals surface area contributed by atoms with Crippen LogP contribution < -0.4 is 5.32 Å². The van der Waals surface area contributed by atoms with Crippen LogP contribution in [0.2, 0.25) is 0 Å². The molecule has 11 heteroatoms. The van der Waals surface area contributed by atoms with Crippen molar-refractivity contribution in [2.24, 2.45) is 17.8 Å². The molecular weight excluding hydrogens is 540 g/mol. The Morgan fingerprint density at radius 3 is 2.19 bits per heavy atom. The summed E-state index contributed by atoms with van der Waals surface area (Å²) in [5.74, 6) is -2.38. The number of carbonyl (C=O) groups excluding carboxylic acids is 3. The summed E-state index contributed by atoms with van der Waals surface area (Å²) >= 11 is 0. The number of carbonyl (C=O) groups is 4. The van der Waals surface area contributed by atoms with Crippen LogP contribution in [0.3, 0.4) is 0 Å². The van der Waals surface area contributed by atoms with Crippen LogP contribution in [0.25, 0.3) is 0 Å². The average molecular weight is 597 g/mol. The summed E-state index contributed by atoms with van der Waals surface area (Å²) in [5.41, 5.74) is -0.659. The smallest absolute Gasteiger partial charge is 0.308 e. The Morgan fingerprint density at radius 1 is 1.07 bits per heavy atom. The van der Waals surface area contributed by atoms with E-state index in [0.717, 1.165) is 32.2 Å². The van der Waals surface area contributed by atoms with Gasteiger partial charge in [-0.15, -0.1) is 0 Å². The summed E-state index contributed by atoms with van der Waals surface area (Å²) < 4.78 is 11.5. The van der Waals surface area contributed by atoms with Gasteiger partial charge in [0.2, 0.25) is 17.7 Å². The lowest BCUT2D eigenvalue weighted by molar-refractivity contribution is -0.152. The van der Waals surface area contributed by atoms with E-state index in [-0.39, 0.29) is 42.0 Å². The number of carboxylic acids is 1. The van der Waals surface area contributed by atoms with Crippen LogP contribution >= 0.6 is 0 Å². The maximum absolute atomic E-state index is 14.0. The number of nitrogens with zero attached hydrogens (tertiary/aromatic N) is 3. The molecule has 2 N–H and O–H groups in total. The van der Waals surface area contributed by atoms with E-state index in [1.54, 1.807) is 30.9 Å². The molecule has 0 saturated carbocycles. The molecule has 0 bridgehead atoms. The highest BCUT2D eigenvalue weighted by Gasteiger charge is 2.45. The maximum atomic E-state index is 14.0. The second-order valence-electron chi connectivity index (χ2n) is 12.9. The van der Waals surface area contributed by atoms with E-state index in [9.17, 15) is 24.3 Å². The zero-order chi connectivity index (χ0) is 31.9. The molecule has 2 aliphatic rings. The monoisotopic (exact) mass is 596 g/mol. The van der Waals surface area contributed by atoms with Crippen molar-refractivity contribution in [1.29, 1.82) is 0 Å². The number of methoxy groups -OCH3 is 2. The van der Waals surface area contributed by atoms with Crippen LogP contribution in [-0.4, -0.2) is 121 Å². The first-order valence-electron chi connectivity index (χ1n) is 15.5. The number of rotatable bonds is 15. The topological polar surface area (TPSA) is 129 Å². The largest absolute Gasteiger partial charge is 0.481 e. The molecule has 2 heterocycles. The van der Waals surface area contributed by atoms with E-state index in [0.29, 0.717) is 13.0 Å². The molecule has 0 spiro atoms. The first-order chi connectivity index (χ1) is 19.7. The van der Waals surface area contributed by atoms with Crippen molar-refractivity contribution in [3.8, 4) is 0 Å². The number of likely N-dealkylation sites (tertiary alicyclic amines) is 2. The molecular formula is C31H56N4O7. The number of carboxylic acid groups (broad SMARTS) is 1. The fourth-order valence-corrected chi connectivity index (χ4v) is 6.71. The Hall–Kier alpha value is -2.24. The van der Waals surface area contributed by atoms with Crippen molar-refractivity contribution < 1.29 is 33.8 Å². The van der Waals surface area contributed by atoms with Gasteiger partial charge in [0, 0.05) is 27.8 Å². The summed E-state index contributed by atoms with van der Waals surface area (Å²) in [6.45, 7) is 12.8. The fourth-order valence-electron chi connectivity index (χ4n) is 6.71. The van der Waals surface area contributed by atoms with Crippen LogP contribution in [-0.2, 0) is 28.7 Å². The van der Waals surface area contributed by atoms with Gasteiger partial charge >= 0.3 is 5.97 Å². The normalized spacial score (nSPS) is 25.5. The van der Waals surface area contributed by atoms with E-state index in [4.69, 9.17) is 9.47 Å². The maximum Gasteiger partial charge on any atom is 0.308 e. The molecule has 0 aliphatic carbocycles. The van der Waals surface area contributed by atoms with Gasteiger partial charge in [-0.3, -0.25) is 24.1 Å². The predicted molar refractivity (Wildman–Crippen MR) is 161 cm³/mol. The van der Waals surface area contributed by atoms with Crippen LogP contribution in [0.4, 0.5) is 0 Å². The Morgan fingerprint density at radius 2 is 1.71 bits per heavy atom. The SMILES string of the molecule is CC[C@H](C)[C@@H]([C@@H](CC(=O)N1CCC[C@H]1[C@H](OC)C(C)C(=O)O)OC)N(C)C(=O)[C@@H](NC(=O)[C@]1(C)CCCN1C)C(C)C. The van der Waals surface area contributed by atoms with E-state index in [1.165, 1.54) is 7.11 Å². The molecule has 0 radical (unpaired) electrons. The number of amides is 3. The van der Waals surface area contributed by atoms with Crippen molar-refractivity contribution in [3.63, 3.8) is 0 Å². The van der Waals surface area contributed by atoms with Gasteiger partial charge in [0.25, 0.3) is 0 Å². The summed E-state index contributed by atoms with van der Waals surface area (Å²) in [5, 5.41) is 12.6. The van der Waals surface area contributed by atoms with Crippen molar-refractivity contribution >= 4 is 23.7 Å². The van der Waals surface area contributed by atoms with Gasteiger partial charge in [-0.05, 0) is 65.0 Å². The van der Waals surface area contributed by atoms with Crippen LogP contribution in [0.1, 0.15) is 80.1 Å². The second kappa shape index (κ2) is 15.5. The van der Waals surface area contributed by atoms with E-state index in [1.807, 2.05) is 46.6 Å². The van der Waals surface area contributed by atoms with Crippen LogP contribution in [0.5, 0.6) is 0 Å². The minimum absolute atomic E-state index is 0.00632. The highest BCUT2D eigenvalue weighted by atomic mass is 16.5. The molecule has 2 rings (SSSR count). The molecule has 2 aliphatic heterocycles. The minimum atomic E-state index is -0.965. The van der Waals surface area contributed by atoms with Crippen molar-refractivity contribution in [2.45, 2.75) is 116 Å². The number of nitrogens with one attached hydrogen (secondary N) is 1. The third-order valence-corrected chi connectivity index (χ3v) is 9.94. The lowest BCUT2D eigenvalue weighted by atomic mass is 9.89. The molecule has 8 atom stereocenters. The minimum Gasteiger partial charge on any atom is -0.481 e. The highest BCUT2D eigenvalue weighted by molar-refractivity contribution is 5.92. The lowest BCUT2D eigenvalue weighted by Crippen LogP contribution is -2.61. The lowest BCUT2D eigenvalue weighted by Gasteiger charge is -2.41. The molecule has 2 saturated heterocycles. The molecule has 11 nitrogen and oxygen atoms in total.